The monoisotopic (exact) mass is 561 g/mol. The first-order valence-electron chi connectivity index (χ1n) is 15.3. The van der Waals surface area contributed by atoms with Crippen LogP contribution in [0.3, 0.4) is 0 Å². The smallest absolute Gasteiger partial charge is 0.307 e. The van der Waals surface area contributed by atoms with Crippen LogP contribution in [0.25, 0.3) is 0 Å². The number of H-pyrrole nitrogens is 1. The molecule has 1 unspecified atom stereocenters. The van der Waals surface area contributed by atoms with E-state index in [-0.39, 0.29) is 12.5 Å². The third-order valence-corrected chi connectivity index (χ3v) is 8.84. The number of carboxylic acid groups (broad SMARTS) is 1. The fourth-order valence-corrected chi connectivity index (χ4v) is 6.76. The van der Waals surface area contributed by atoms with Crippen molar-refractivity contribution in [3.63, 3.8) is 0 Å². The van der Waals surface area contributed by atoms with E-state index < -0.39 is 5.97 Å². The maximum absolute atomic E-state index is 11.2. The van der Waals surface area contributed by atoms with Gasteiger partial charge in [-0.1, -0.05) is 38.1 Å². The van der Waals surface area contributed by atoms with Gasteiger partial charge in [-0.3, -0.25) is 4.79 Å². The van der Waals surface area contributed by atoms with Crippen molar-refractivity contribution in [1.29, 1.82) is 0 Å². The number of carbonyl (C=O) groups is 1. The Kier molecular flexibility index (Phi) is 9.90. The molecular weight excluding hydrogens is 514 g/mol. The molecule has 2 saturated heterocycles. The molecule has 0 bridgehead atoms. The minimum atomic E-state index is -0.816. The largest absolute Gasteiger partial charge is 0.481 e. The quantitative estimate of drug-likeness (QED) is 0.272. The Morgan fingerprint density at radius 2 is 1.85 bits per heavy atom. The average molecular weight is 562 g/mol. The molecule has 0 amide bonds. The van der Waals surface area contributed by atoms with Gasteiger partial charge < -0.3 is 29.8 Å². The van der Waals surface area contributed by atoms with Crippen molar-refractivity contribution < 1.29 is 9.90 Å². The van der Waals surface area contributed by atoms with Gasteiger partial charge in [-0.15, -0.1) is 0 Å². The zero-order valence-corrected chi connectivity index (χ0v) is 24.8. The molecule has 2 aliphatic rings. The normalized spacial score (nSPS) is 18.4. The first-order valence-corrected chi connectivity index (χ1v) is 15.3. The van der Waals surface area contributed by atoms with E-state index in [4.69, 9.17) is 4.98 Å². The second-order valence-electron chi connectivity index (χ2n) is 12.6. The fraction of sp³-hybridized carbons (Fsp3) is 0.594. The highest BCUT2D eigenvalue weighted by atomic mass is 16.4. The van der Waals surface area contributed by atoms with Gasteiger partial charge in [0.05, 0.1) is 12.5 Å². The lowest BCUT2D eigenvalue weighted by Gasteiger charge is -2.40. The van der Waals surface area contributed by atoms with Gasteiger partial charge in [-0.25, -0.2) is 9.97 Å². The summed E-state index contributed by atoms with van der Waals surface area (Å²) < 4.78 is 2.29. The number of aryl methyl sites for hydroxylation is 1. The summed E-state index contributed by atoms with van der Waals surface area (Å²) in [5, 5.41) is 12.9. The molecule has 0 radical (unpaired) electrons. The second-order valence-corrected chi connectivity index (χ2v) is 12.6. The lowest BCUT2D eigenvalue weighted by molar-refractivity contribution is -0.136. The van der Waals surface area contributed by atoms with Gasteiger partial charge in [-0.2, -0.15) is 0 Å². The number of hydrogen-bond donors (Lipinski definition) is 3. The van der Waals surface area contributed by atoms with Crippen LogP contribution in [0.4, 0.5) is 0 Å². The van der Waals surface area contributed by atoms with Gasteiger partial charge >= 0.3 is 5.97 Å². The third-order valence-electron chi connectivity index (χ3n) is 8.84. The molecule has 9 heteroatoms. The topological polar surface area (TPSA) is 102 Å². The Morgan fingerprint density at radius 1 is 1.07 bits per heavy atom. The zero-order chi connectivity index (χ0) is 28.7. The lowest BCUT2D eigenvalue weighted by atomic mass is 9.77. The summed E-state index contributed by atoms with van der Waals surface area (Å²) in [6.07, 6.45) is 13.5. The Labute approximate surface area is 244 Å². The molecule has 4 heterocycles. The van der Waals surface area contributed by atoms with E-state index in [1.165, 1.54) is 52.0 Å². The summed E-state index contributed by atoms with van der Waals surface area (Å²) in [5.74, 6) is 1.86. The second kappa shape index (κ2) is 13.8. The number of aliphatic carboxylic acids is 1. The number of imidazole rings is 2. The molecule has 2 aliphatic heterocycles. The van der Waals surface area contributed by atoms with Crippen LogP contribution in [0.15, 0.2) is 49.1 Å². The van der Waals surface area contributed by atoms with Crippen molar-refractivity contribution in [2.24, 2.45) is 11.3 Å². The molecule has 41 heavy (non-hydrogen) atoms. The number of aromatic amines is 1. The minimum absolute atomic E-state index is 0.0228. The Morgan fingerprint density at radius 3 is 2.59 bits per heavy atom. The van der Waals surface area contributed by atoms with Crippen molar-refractivity contribution >= 4 is 5.97 Å². The van der Waals surface area contributed by atoms with Gasteiger partial charge in [0.2, 0.25) is 0 Å². The van der Waals surface area contributed by atoms with E-state index in [1.807, 2.05) is 36.7 Å². The van der Waals surface area contributed by atoms with E-state index in [9.17, 15) is 9.90 Å². The summed E-state index contributed by atoms with van der Waals surface area (Å²) in [7, 11) is 0. The van der Waals surface area contributed by atoms with Crippen molar-refractivity contribution in [1.82, 2.24) is 34.6 Å². The van der Waals surface area contributed by atoms with Crippen LogP contribution in [0, 0.1) is 11.3 Å². The molecule has 0 aliphatic carbocycles. The molecule has 3 N–H and O–H groups in total. The average Bonchev–Trinajstić information content (AvgIpc) is 3.70. The van der Waals surface area contributed by atoms with Crippen LogP contribution in [-0.2, 0) is 30.7 Å². The van der Waals surface area contributed by atoms with E-state index in [0.29, 0.717) is 18.4 Å². The van der Waals surface area contributed by atoms with Gasteiger partial charge in [0.1, 0.15) is 11.6 Å². The molecule has 2 aromatic heterocycles. The number of aromatic nitrogens is 4. The van der Waals surface area contributed by atoms with Crippen molar-refractivity contribution in [2.75, 3.05) is 39.3 Å². The van der Waals surface area contributed by atoms with E-state index >= 15 is 0 Å². The summed E-state index contributed by atoms with van der Waals surface area (Å²) in [4.78, 5) is 29.0. The zero-order valence-electron chi connectivity index (χ0n) is 24.8. The Balaban J connectivity index is 1.16. The number of likely N-dealkylation sites (tertiary alicyclic amines) is 2. The Hall–Kier alpha value is -3.01. The number of nitrogens with one attached hydrogen (secondary N) is 2. The molecule has 0 saturated carbocycles. The van der Waals surface area contributed by atoms with Crippen molar-refractivity contribution in [3.8, 4) is 0 Å². The van der Waals surface area contributed by atoms with Crippen LogP contribution >= 0.6 is 0 Å². The van der Waals surface area contributed by atoms with Gasteiger partial charge in [-0.05, 0) is 74.3 Å². The van der Waals surface area contributed by atoms with Crippen molar-refractivity contribution in [3.05, 3.63) is 71.8 Å². The number of nitrogens with zero attached hydrogens (tertiary/aromatic N) is 5. The molecular formula is C32H47N7O2. The molecule has 9 nitrogen and oxygen atoms in total. The summed E-state index contributed by atoms with van der Waals surface area (Å²) in [5.41, 5.74) is 2.41. The highest BCUT2D eigenvalue weighted by Crippen LogP contribution is 2.40. The summed E-state index contributed by atoms with van der Waals surface area (Å²) >= 11 is 0. The maximum atomic E-state index is 11.2. The predicted octanol–water partition coefficient (Wildman–Crippen LogP) is 4.14. The standard InChI is InChI=1S/C32H47N7O2/c1-25(2)23-37-15-7-32(8-16-37)9-17-38(24-32)13-4-14-39-18-12-35-31(39)28(21-29-33-10-11-34-29)36-22-27-6-3-5-26(19-27)20-30(40)41/h3,5-6,10-12,18-19,25,28,36H,4,7-9,13-17,20-24H2,1-2H3,(H,33,34)(H,40,41). The first-order chi connectivity index (χ1) is 19.9. The highest BCUT2D eigenvalue weighted by molar-refractivity contribution is 5.70. The van der Waals surface area contributed by atoms with Gasteiger partial charge in [0, 0.05) is 57.4 Å². The Bertz CT molecular complexity index is 1230. The number of hydrogen-bond acceptors (Lipinski definition) is 6. The molecule has 1 aromatic carbocycles. The molecule has 1 atom stereocenters. The number of rotatable bonds is 14. The van der Waals surface area contributed by atoms with Gasteiger partial charge in [0.25, 0.3) is 0 Å². The van der Waals surface area contributed by atoms with Crippen LogP contribution < -0.4 is 5.32 Å². The molecule has 5 rings (SSSR count). The predicted molar refractivity (Wildman–Crippen MR) is 161 cm³/mol. The van der Waals surface area contributed by atoms with Crippen LogP contribution in [-0.4, -0.2) is 79.7 Å². The molecule has 2 fully saturated rings. The van der Waals surface area contributed by atoms with Gasteiger partial charge in [0.15, 0.2) is 0 Å². The van der Waals surface area contributed by atoms with E-state index in [1.54, 1.807) is 6.20 Å². The minimum Gasteiger partial charge on any atom is -0.481 e. The molecule has 3 aromatic rings. The molecule has 1 spiro atoms. The van der Waals surface area contributed by atoms with E-state index in [2.05, 4.69) is 49.7 Å². The maximum Gasteiger partial charge on any atom is 0.307 e. The van der Waals surface area contributed by atoms with E-state index in [0.717, 1.165) is 48.2 Å². The number of carboxylic acids is 1. The first kappa shape index (κ1) is 29.5. The third kappa shape index (κ3) is 8.27. The van der Waals surface area contributed by atoms with Crippen molar-refractivity contribution in [2.45, 2.75) is 71.5 Å². The SMILES string of the molecule is CC(C)CN1CCC2(CC1)CCN(CCCn1ccnc1C(Cc1ncc[nH]1)NCc1cccc(CC(=O)O)c1)C2. The number of benzene rings is 1. The molecule has 222 valence electrons. The van der Waals surface area contributed by atoms with Crippen LogP contribution in [0.5, 0.6) is 0 Å². The van der Waals surface area contributed by atoms with Crippen LogP contribution in [0.1, 0.15) is 68.3 Å². The number of piperidine rings is 1. The summed E-state index contributed by atoms with van der Waals surface area (Å²) in [6.45, 7) is 13.6. The lowest BCUT2D eigenvalue weighted by Crippen LogP contribution is -2.42. The highest BCUT2D eigenvalue weighted by Gasteiger charge is 2.40. The fourth-order valence-electron chi connectivity index (χ4n) is 6.76. The van der Waals surface area contributed by atoms with Crippen LogP contribution in [0.2, 0.25) is 0 Å². The summed E-state index contributed by atoms with van der Waals surface area (Å²) in [6, 6.07) is 7.77.